The molecule has 0 fully saturated rings. The Morgan fingerprint density at radius 1 is 1.04 bits per heavy atom. The number of hydrogen-bond donors (Lipinski definition) is 2. The number of aliphatic hydroxyl groups is 1. The molecule has 0 aromatic heterocycles. The number of halogens is 2. The Kier molecular flexibility index (Phi) is 3.91. The van der Waals surface area contributed by atoms with Crippen molar-refractivity contribution in [2.45, 2.75) is 18.8 Å². The second-order valence-corrected chi connectivity index (χ2v) is 7.55. The van der Waals surface area contributed by atoms with Gasteiger partial charge in [-0.05, 0) is 30.5 Å². The van der Waals surface area contributed by atoms with Crippen LogP contribution in [0.2, 0.25) is 10.0 Å². The normalized spacial score (nSPS) is 21.7. The number of hydrogen-bond acceptors (Lipinski definition) is 4. The van der Waals surface area contributed by atoms with Gasteiger partial charge in [0.15, 0.2) is 11.5 Å². The van der Waals surface area contributed by atoms with Crippen LogP contribution >= 0.6 is 23.2 Å². The van der Waals surface area contributed by atoms with E-state index in [4.69, 9.17) is 23.2 Å². The number of aliphatic hydroxyl groups excluding tert-OH is 1. The number of carbonyl (C=O) groups excluding carboxylic acids is 3. The molecule has 0 bridgehead atoms. The largest absolute Gasteiger partial charge is 0.502 e. The lowest BCUT2D eigenvalue weighted by Crippen LogP contribution is -2.29. The number of fused-ring (bicyclic) bond motifs is 1. The zero-order valence-corrected chi connectivity index (χ0v) is 15.6. The maximum atomic E-state index is 13.2. The second kappa shape index (κ2) is 5.94. The molecule has 2 aliphatic rings. The van der Waals surface area contributed by atoms with Crippen LogP contribution in [0.15, 0.2) is 42.2 Å². The molecule has 2 N–H and O–H groups in total. The van der Waals surface area contributed by atoms with Crippen LogP contribution in [-0.2, 0) is 21.4 Å². The summed E-state index contributed by atoms with van der Waals surface area (Å²) in [5.41, 5.74) is 0.835. The lowest BCUT2D eigenvalue weighted by atomic mass is 9.79. The molecule has 1 heterocycles. The lowest BCUT2D eigenvalue weighted by Gasteiger charge is -2.22. The van der Waals surface area contributed by atoms with Gasteiger partial charge in [0.1, 0.15) is 0 Å². The highest BCUT2D eigenvalue weighted by Crippen LogP contribution is 2.46. The SMILES string of the molecule is CC1(c2ccccc2)Cc2cc(C3=C(O)C(=O)NC3=O)c(Cl)c(Cl)c2C1=O. The van der Waals surface area contributed by atoms with Crippen LogP contribution in [0.1, 0.15) is 34.0 Å². The Labute approximate surface area is 164 Å². The van der Waals surface area contributed by atoms with Crippen molar-refractivity contribution in [2.24, 2.45) is 0 Å². The molecule has 2 amide bonds. The van der Waals surface area contributed by atoms with Gasteiger partial charge in [0, 0.05) is 11.1 Å². The van der Waals surface area contributed by atoms with Crippen LogP contribution in [0.25, 0.3) is 5.57 Å². The van der Waals surface area contributed by atoms with Gasteiger partial charge in [-0.1, -0.05) is 53.5 Å². The van der Waals surface area contributed by atoms with Crippen molar-refractivity contribution in [2.75, 3.05) is 0 Å². The third-order valence-electron chi connectivity index (χ3n) is 5.15. The Balaban J connectivity index is 1.91. The first-order valence-corrected chi connectivity index (χ1v) is 8.92. The highest BCUT2D eigenvalue weighted by Gasteiger charge is 2.45. The molecule has 1 unspecified atom stereocenters. The highest BCUT2D eigenvalue weighted by atomic mass is 35.5. The molecule has 1 aliphatic heterocycles. The maximum absolute atomic E-state index is 13.2. The van der Waals surface area contributed by atoms with E-state index in [9.17, 15) is 19.5 Å². The van der Waals surface area contributed by atoms with Crippen molar-refractivity contribution in [3.05, 3.63) is 74.5 Å². The van der Waals surface area contributed by atoms with E-state index >= 15 is 0 Å². The van der Waals surface area contributed by atoms with Crippen LogP contribution in [0.4, 0.5) is 0 Å². The van der Waals surface area contributed by atoms with Crippen LogP contribution in [0.3, 0.4) is 0 Å². The highest BCUT2D eigenvalue weighted by molar-refractivity contribution is 6.47. The van der Waals surface area contributed by atoms with Crippen molar-refractivity contribution in [1.29, 1.82) is 0 Å². The van der Waals surface area contributed by atoms with Gasteiger partial charge in [-0.15, -0.1) is 0 Å². The average Bonchev–Trinajstić information content (AvgIpc) is 3.05. The van der Waals surface area contributed by atoms with Gasteiger partial charge in [-0.2, -0.15) is 0 Å². The molecule has 1 atom stereocenters. The minimum atomic E-state index is -0.895. The fourth-order valence-corrected chi connectivity index (χ4v) is 4.27. The van der Waals surface area contributed by atoms with Crippen molar-refractivity contribution in [3.8, 4) is 0 Å². The monoisotopic (exact) mass is 401 g/mol. The van der Waals surface area contributed by atoms with Crippen molar-refractivity contribution in [1.82, 2.24) is 5.32 Å². The molecule has 0 saturated carbocycles. The fourth-order valence-electron chi connectivity index (χ4n) is 3.72. The van der Waals surface area contributed by atoms with Crippen molar-refractivity contribution < 1.29 is 19.5 Å². The number of Topliss-reactive ketones (excluding diaryl/α,β-unsaturated/α-hetero) is 1. The summed E-state index contributed by atoms with van der Waals surface area (Å²) in [6.45, 7) is 1.83. The Morgan fingerprint density at radius 3 is 2.30 bits per heavy atom. The Hall–Kier alpha value is -2.63. The molecule has 4 rings (SSSR count). The van der Waals surface area contributed by atoms with E-state index in [0.29, 0.717) is 17.5 Å². The van der Waals surface area contributed by atoms with Gasteiger partial charge in [-0.25, -0.2) is 0 Å². The van der Waals surface area contributed by atoms with Crippen LogP contribution < -0.4 is 5.32 Å². The second-order valence-electron chi connectivity index (χ2n) is 6.80. The number of nitrogens with one attached hydrogen (secondary N) is 1. The minimum Gasteiger partial charge on any atom is -0.502 e. The number of carbonyl (C=O) groups is 3. The molecule has 2 aromatic carbocycles. The molecular weight excluding hydrogens is 389 g/mol. The zero-order valence-electron chi connectivity index (χ0n) is 14.1. The Bertz CT molecular complexity index is 1080. The number of rotatable bonds is 2. The summed E-state index contributed by atoms with van der Waals surface area (Å²) in [5.74, 6) is -2.53. The first-order chi connectivity index (χ1) is 12.8. The summed E-state index contributed by atoms with van der Waals surface area (Å²) in [6.07, 6.45) is 0.360. The summed E-state index contributed by atoms with van der Waals surface area (Å²) < 4.78 is 0. The molecule has 0 radical (unpaired) electrons. The van der Waals surface area contributed by atoms with Gasteiger partial charge >= 0.3 is 0 Å². The smallest absolute Gasteiger partial charge is 0.293 e. The van der Waals surface area contributed by atoms with Crippen LogP contribution in [0, 0.1) is 0 Å². The molecule has 1 aliphatic carbocycles. The molecule has 136 valence electrons. The number of benzene rings is 2. The summed E-state index contributed by atoms with van der Waals surface area (Å²) in [7, 11) is 0. The zero-order chi connectivity index (χ0) is 19.5. The topological polar surface area (TPSA) is 83.5 Å². The first-order valence-electron chi connectivity index (χ1n) is 8.16. The maximum Gasteiger partial charge on any atom is 0.293 e. The van der Waals surface area contributed by atoms with E-state index in [0.717, 1.165) is 5.56 Å². The van der Waals surface area contributed by atoms with Crippen molar-refractivity contribution in [3.63, 3.8) is 0 Å². The molecule has 5 nitrogen and oxygen atoms in total. The first kappa shape index (κ1) is 17.8. The number of ketones is 1. The molecule has 7 heteroatoms. The van der Waals surface area contributed by atoms with E-state index in [1.807, 2.05) is 42.6 Å². The van der Waals surface area contributed by atoms with Crippen LogP contribution in [-0.4, -0.2) is 22.7 Å². The Morgan fingerprint density at radius 2 is 1.70 bits per heavy atom. The van der Waals surface area contributed by atoms with E-state index in [1.54, 1.807) is 6.07 Å². The fraction of sp³-hybridized carbons (Fsp3) is 0.150. The summed E-state index contributed by atoms with van der Waals surface area (Å²) in [6, 6.07) is 10.9. The number of imide groups is 1. The molecule has 0 spiro atoms. The van der Waals surface area contributed by atoms with Gasteiger partial charge in [-0.3, -0.25) is 19.7 Å². The molecule has 0 saturated heterocycles. The summed E-state index contributed by atoms with van der Waals surface area (Å²) in [5, 5.41) is 11.9. The quantitative estimate of drug-likeness (QED) is 0.752. The molecular formula is C20H13Cl2NO4. The predicted octanol–water partition coefficient (Wildman–Crippen LogP) is 3.62. The van der Waals surface area contributed by atoms with E-state index in [2.05, 4.69) is 0 Å². The van der Waals surface area contributed by atoms with Gasteiger partial charge in [0.2, 0.25) is 0 Å². The summed E-state index contributed by atoms with van der Waals surface area (Å²) in [4.78, 5) is 36.8. The minimum absolute atomic E-state index is 0.0151. The van der Waals surface area contributed by atoms with E-state index in [-0.39, 0.29) is 27.0 Å². The van der Waals surface area contributed by atoms with Gasteiger partial charge in [0.05, 0.1) is 21.0 Å². The van der Waals surface area contributed by atoms with Gasteiger partial charge < -0.3 is 5.11 Å². The predicted molar refractivity (Wildman–Crippen MR) is 101 cm³/mol. The third-order valence-corrected chi connectivity index (χ3v) is 6.01. The lowest BCUT2D eigenvalue weighted by molar-refractivity contribution is -0.124. The van der Waals surface area contributed by atoms with Crippen molar-refractivity contribution >= 4 is 46.4 Å². The van der Waals surface area contributed by atoms with E-state index < -0.39 is 23.0 Å². The van der Waals surface area contributed by atoms with Crippen LogP contribution in [0.5, 0.6) is 0 Å². The van der Waals surface area contributed by atoms with E-state index in [1.165, 1.54) is 0 Å². The third kappa shape index (κ3) is 2.42. The average molecular weight is 402 g/mol. The molecule has 27 heavy (non-hydrogen) atoms. The standard InChI is InChI=1S/C20H13Cl2NO4/c1-20(10-5-3-2-4-6-10)8-9-7-11(13-16(24)19(27)23-18(13)26)14(21)15(22)12(9)17(20)25/h2-7H,8H2,1H3,(H2,23,24,26,27). The summed E-state index contributed by atoms with van der Waals surface area (Å²) >= 11 is 12.7. The molecule has 2 aromatic rings. The van der Waals surface area contributed by atoms with Gasteiger partial charge in [0.25, 0.3) is 11.8 Å². The number of amides is 2.